The first-order valence-corrected chi connectivity index (χ1v) is 6.58. The molecule has 1 aromatic carbocycles. The van der Waals surface area contributed by atoms with Gasteiger partial charge >= 0.3 is 0 Å². The SMILES string of the molecule is C=C(Nc1cc(Br)nc(Br)c1)c1ccccc1. The van der Waals surface area contributed by atoms with E-state index in [1.54, 1.807) is 0 Å². The van der Waals surface area contributed by atoms with Crippen LogP contribution in [0, 0.1) is 0 Å². The second-order valence-corrected chi connectivity index (χ2v) is 5.10. The maximum Gasteiger partial charge on any atom is 0.109 e. The molecule has 4 heteroatoms. The Labute approximate surface area is 117 Å². The zero-order valence-electron chi connectivity index (χ0n) is 8.95. The number of halogens is 2. The molecule has 1 aromatic heterocycles. The van der Waals surface area contributed by atoms with Crippen LogP contribution in [-0.2, 0) is 0 Å². The van der Waals surface area contributed by atoms with Crippen molar-refractivity contribution in [1.82, 2.24) is 4.98 Å². The van der Waals surface area contributed by atoms with Gasteiger partial charge in [0.2, 0.25) is 0 Å². The molecule has 0 bridgehead atoms. The lowest BCUT2D eigenvalue weighted by Gasteiger charge is -2.10. The van der Waals surface area contributed by atoms with Crippen molar-refractivity contribution >= 4 is 43.2 Å². The van der Waals surface area contributed by atoms with Crippen LogP contribution in [0.4, 0.5) is 5.69 Å². The first-order valence-electron chi connectivity index (χ1n) is 4.99. The van der Waals surface area contributed by atoms with Gasteiger partial charge in [-0.1, -0.05) is 36.9 Å². The van der Waals surface area contributed by atoms with Gasteiger partial charge in [0.1, 0.15) is 9.21 Å². The highest BCUT2D eigenvalue weighted by molar-refractivity contribution is 9.11. The maximum atomic E-state index is 4.18. The smallest absolute Gasteiger partial charge is 0.109 e. The number of nitrogens with one attached hydrogen (secondary N) is 1. The molecule has 2 nitrogen and oxygen atoms in total. The van der Waals surface area contributed by atoms with Crippen molar-refractivity contribution in [3.05, 3.63) is 63.8 Å². The third-order valence-corrected chi connectivity index (χ3v) is 2.99. The van der Waals surface area contributed by atoms with E-state index >= 15 is 0 Å². The van der Waals surface area contributed by atoms with Crippen LogP contribution in [0.2, 0.25) is 0 Å². The van der Waals surface area contributed by atoms with Crippen molar-refractivity contribution in [2.75, 3.05) is 5.32 Å². The quantitative estimate of drug-likeness (QED) is 0.809. The minimum Gasteiger partial charge on any atom is -0.355 e. The van der Waals surface area contributed by atoms with Gasteiger partial charge in [-0.3, -0.25) is 0 Å². The summed E-state index contributed by atoms with van der Waals surface area (Å²) in [7, 11) is 0. The predicted octanol–water partition coefficient (Wildman–Crippen LogP) is 4.69. The molecule has 0 radical (unpaired) electrons. The minimum atomic E-state index is 0.773. The lowest BCUT2D eigenvalue weighted by molar-refractivity contribution is 1.23. The molecule has 0 unspecified atom stereocenters. The molecular weight excluding hydrogens is 344 g/mol. The Morgan fingerprint density at radius 2 is 1.65 bits per heavy atom. The summed E-state index contributed by atoms with van der Waals surface area (Å²) in [6.07, 6.45) is 0. The summed E-state index contributed by atoms with van der Waals surface area (Å²) in [5, 5.41) is 3.25. The van der Waals surface area contributed by atoms with E-state index in [9.17, 15) is 0 Å². The summed E-state index contributed by atoms with van der Waals surface area (Å²) >= 11 is 6.70. The molecule has 0 amide bonds. The van der Waals surface area contributed by atoms with Crippen LogP contribution < -0.4 is 5.32 Å². The monoisotopic (exact) mass is 352 g/mol. The van der Waals surface area contributed by atoms with Crippen molar-refractivity contribution in [2.45, 2.75) is 0 Å². The Morgan fingerprint density at radius 3 is 2.24 bits per heavy atom. The average Bonchev–Trinajstić information content (AvgIpc) is 2.28. The Balaban J connectivity index is 2.19. The van der Waals surface area contributed by atoms with Crippen LogP contribution in [-0.4, -0.2) is 4.98 Å². The largest absolute Gasteiger partial charge is 0.355 e. The summed E-state index contributed by atoms with van der Waals surface area (Å²) in [4.78, 5) is 4.18. The van der Waals surface area contributed by atoms with Crippen LogP contribution in [0.3, 0.4) is 0 Å². The number of pyridine rings is 1. The highest BCUT2D eigenvalue weighted by Gasteiger charge is 2.01. The molecule has 0 spiro atoms. The van der Waals surface area contributed by atoms with Gasteiger partial charge in [0.15, 0.2) is 0 Å². The fourth-order valence-electron chi connectivity index (χ4n) is 1.42. The van der Waals surface area contributed by atoms with E-state index in [2.05, 4.69) is 48.7 Å². The molecule has 0 fully saturated rings. The van der Waals surface area contributed by atoms with Gasteiger partial charge in [-0.15, -0.1) is 0 Å². The van der Waals surface area contributed by atoms with E-state index in [0.717, 1.165) is 26.2 Å². The standard InChI is InChI=1S/C13H10Br2N2/c1-9(10-5-3-2-4-6-10)16-11-7-12(14)17-13(15)8-11/h2-8H,1H2,(H,16,17). The Morgan fingerprint density at radius 1 is 1.06 bits per heavy atom. The number of nitrogens with zero attached hydrogens (tertiary/aromatic N) is 1. The first kappa shape index (κ1) is 12.3. The molecule has 0 aliphatic heterocycles. The predicted molar refractivity (Wildman–Crippen MR) is 78.7 cm³/mol. The summed E-state index contributed by atoms with van der Waals surface area (Å²) < 4.78 is 1.55. The topological polar surface area (TPSA) is 24.9 Å². The summed E-state index contributed by atoms with van der Waals surface area (Å²) in [6.45, 7) is 4.02. The first-order chi connectivity index (χ1) is 8.15. The van der Waals surface area contributed by atoms with E-state index in [1.165, 1.54) is 0 Å². The maximum absolute atomic E-state index is 4.18. The Kier molecular flexibility index (Phi) is 3.97. The normalized spacial score (nSPS) is 10.0. The number of anilines is 1. The molecule has 1 heterocycles. The number of hydrogen-bond donors (Lipinski definition) is 1. The van der Waals surface area contributed by atoms with Gasteiger partial charge in [0.25, 0.3) is 0 Å². The number of benzene rings is 1. The summed E-state index contributed by atoms with van der Waals surface area (Å²) in [5.41, 5.74) is 2.86. The third-order valence-electron chi connectivity index (χ3n) is 2.18. The van der Waals surface area contributed by atoms with Crippen LogP contribution in [0.25, 0.3) is 5.70 Å². The Bertz CT molecular complexity index is 518. The van der Waals surface area contributed by atoms with E-state index < -0.39 is 0 Å². The second-order valence-electron chi connectivity index (χ2n) is 3.47. The summed E-state index contributed by atoms with van der Waals surface area (Å²) in [6, 6.07) is 13.8. The van der Waals surface area contributed by atoms with Crippen molar-refractivity contribution in [3.63, 3.8) is 0 Å². The van der Waals surface area contributed by atoms with Crippen LogP contribution in [0.5, 0.6) is 0 Å². The van der Waals surface area contributed by atoms with Gasteiger partial charge in [-0.2, -0.15) is 0 Å². The Hall–Kier alpha value is -1.13. The molecule has 0 saturated heterocycles. The average molecular weight is 354 g/mol. The van der Waals surface area contributed by atoms with Crippen LogP contribution in [0.15, 0.2) is 58.2 Å². The molecule has 2 rings (SSSR count). The highest BCUT2D eigenvalue weighted by Crippen LogP contribution is 2.22. The lowest BCUT2D eigenvalue weighted by atomic mass is 10.2. The molecule has 1 N–H and O–H groups in total. The number of aromatic nitrogens is 1. The lowest BCUT2D eigenvalue weighted by Crippen LogP contribution is -1.97. The molecule has 2 aromatic rings. The number of rotatable bonds is 3. The van der Waals surface area contributed by atoms with E-state index in [4.69, 9.17) is 0 Å². The van der Waals surface area contributed by atoms with Crippen molar-refractivity contribution < 1.29 is 0 Å². The van der Waals surface area contributed by atoms with E-state index in [0.29, 0.717) is 0 Å². The third kappa shape index (κ3) is 3.41. The van der Waals surface area contributed by atoms with Crippen molar-refractivity contribution in [1.29, 1.82) is 0 Å². The minimum absolute atomic E-state index is 0.773. The van der Waals surface area contributed by atoms with Crippen molar-refractivity contribution in [2.24, 2.45) is 0 Å². The zero-order valence-corrected chi connectivity index (χ0v) is 12.1. The van der Waals surface area contributed by atoms with E-state index in [1.807, 2.05) is 42.5 Å². The van der Waals surface area contributed by atoms with Gasteiger partial charge in [0, 0.05) is 11.4 Å². The molecule has 86 valence electrons. The van der Waals surface area contributed by atoms with E-state index in [-0.39, 0.29) is 0 Å². The molecule has 0 aliphatic carbocycles. The van der Waals surface area contributed by atoms with Gasteiger partial charge in [-0.05, 0) is 49.6 Å². The van der Waals surface area contributed by atoms with Crippen LogP contribution in [0.1, 0.15) is 5.56 Å². The second kappa shape index (κ2) is 5.47. The molecule has 0 aliphatic rings. The molecular formula is C13H10Br2N2. The molecule has 17 heavy (non-hydrogen) atoms. The molecule has 0 atom stereocenters. The fourth-order valence-corrected chi connectivity index (χ4v) is 2.54. The molecule has 0 saturated carbocycles. The van der Waals surface area contributed by atoms with Gasteiger partial charge in [-0.25, -0.2) is 4.98 Å². The zero-order chi connectivity index (χ0) is 12.3. The summed E-state index contributed by atoms with van der Waals surface area (Å²) in [5.74, 6) is 0. The van der Waals surface area contributed by atoms with Crippen LogP contribution >= 0.6 is 31.9 Å². The van der Waals surface area contributed by atoms with Crippen molar-refractivity contribution in [3.8, 4) is 0 Å². The highest BCUT2D eigenvalue weighted by atomic mass is 79.9. The van der Waals surface area contributed by atoms with Gasteiger partial charge < -0.3 is 5.32 Å². The fraction of sp³-hybridized carbons (Fsp3) is 0. The van der Waals surface area contributed by atoms with Gasteiger partial charge in [0.05, 0.1) is 0 Å². The number of hydrogen-bond acceptors (Lipinski definition) is 2.